The number of carbonyl (C=O) groups is 2. The molecule has 1 heterocycles. The molecule has 1 aliphatic heterocycles. The number of amides is 1. The van der Waals surface area contributed by atoms with Crippen molar-refractivity contribution in [3.63, 3.8) is 0 Å². The summed E-state index contributed by atoms with van der Waals surface area (Å²) in [5.41, 5.74) is 0.141. The number of halogens is 1. The minimum Gasteiger partial charge on any atom is -0.507 e. The summed E-state index contributed by atoms with van der Waals surface area (Å²) in [6, 6.07) is 4.25. The number of hydrogen-bond acceptors (Lipinski definition) is 3. The Bertz CT molecular complexity index is 531. The number of carboxylic acids is 1. The zero-order chi connectivity index (χ0) is 14.2. The second-order valence-corrected chi connectivity index (χ2v) is 5.23. The van der Waals surface area contributed by atoms with Crippen LogP contribution in [0, 0.1) is 11.8 Å². The van der Waals surface area contributed by atoms with E-state index in [2.05, 4.69) is 0 Å². The first-order chi connectivity index (χ1) is 8.90. The van der Waals surface area contributed by atoms with E-state index in [4.69, 9.17) is 16.7 Å². The molecular formula is C13H14ClNO4. The average molecular weight is 284 g/mol. The highest BCUT2D eigenvalue weighted by Crippen LogP contribution is 2.28. The monoisotopic (exact) mass is 283 g/mol. The smallest absolute Gasteiger partial charge is 0.308 e. The molecule has 0 unspecified atom stereocenters. The van der Waals surface area contributed by atoms with Crippen molar-refractivity contribution in [2.75, 3.05) is 13.1 Å². The number of phenolic OH excluding ortho intramolecular Hbond substituents is 1. The lowest BCUT2D eigenvalue weighted by Gasteiger charge is -2.16. The molecule has 1 aliphatic rings. The Morgan fingerprint density at radius 3 is 2.58 bits per heavy atom. The molecule has 1 aromatic carbocycles. The summed E-state index contributed by atoms with van der Waals surface area (Å²) < 4.78 is 0. The van der Waals surface area contributed by atoms with E-state index in [0.29, 0.717) is 11.6 Å². The first kappa shape index (κ1) is 13.7. The van der Waals surface area contributed by atoms with Crippen LogP contribution in [-0.4, -0.2) is 40.1 Å². The minimum absolute atomic E-state index is 0.101. The minimum atomic E-state index is -0.900. The largest absolute Gasteiger partial charge is 0.507 e. The van der Waals surface area contributed by atoms with Gasteiger partial charge in [0.2, 0.25) is 0 Å². The van der Waals surface area contributed by atoms with Crippen LogP contribution in [0.2, 0.25) is 5.02 Å². The predicted molar refractivity (Wildman–Crippen MR) is 69.3 cm³/mol. The molecule has 2 atom stereocenters. The molecule has 2 rings (SSSR count). The van der Waals surface area contributed by atoms with Crippen LogP contribution < -0.4 is 0 Å². The third-order valence-electron chi connectivity index (χ3n) is 3.41. The number of carbonyl (C=O) groups excluding carboxylic acids is 1. The standard InChI is InChI=1S/C13H14ClNO4/c1-7-5-15(6-10(7)13(18)19)12(17)9-3-2-8(14)4-11(9)16/h2-4,7,10,16H,5-6H2,1H3,(H,18,19)/t7-,10-/m1/s1. The topological polar surface area (TPSA) is 77.8 Å². The summed E-state index contributed by atoms with van der Waals surface area (Å²) in [5.74, 6) is -2.12. The molecule has 2 N–H and O–H groups in total. The van der Waals surface area contributed by atoms with E-state index in [1.807, 2.05) is 0 Å². The number of carboxylic acid groups (broad SMARTS) is 1. The van der Waals surface area contributed by atoms with Crippen LogP contribution in [-0.2, 0) is 4.79 Å². The van der Waals surface area contributed by atoms with Gasteiger partial charge in [-0.1, -0.05) is 18.5 Å². The third-order valence-corrected chi connectivity index (χ3v) is 3.64. The van der Waals surface area contributed by atoms with Gasteiger partial charge in [0.25, 0.3) is 5.91 Å². The maximum absolute atomic E-state index is 12.2. The molecule has 0 aromatic heterocycles. The normalized spacial score (nSPS) is 22.5. The average Bonchev–Trinajstić information content (AvgIpc) is 2.70. The lowest BCUT2D eigenvalue weighted by Crippen LogP contribution is -2.29. The summed E-state index contributed by atoms with van der Waals surface area (Å²) in [7, 11) is 0. The van der Waals surface area contributed by atoms with Crippen LogP contribution in [0.5, 0.6) is 5.75 Å². The van der Waals surface area contributed by atoms with Crippen LogP contribution in [0.1, 0.15) is 17.3 Å². The molecule has 1 amide bonds. The Kier molecular flexibility index (Phi) is 3.66. The van der Waals surface area contributed by atoms with Crippen LogP contribution in [0.3, 0.4) is 0 Å². The van der Waals surface area contributed by atoms with Crippen LogP contribution >= 0.6 is 11.6 Å². The maximum Gasteiger partial charge on any atom is 0.308 e. The fourth-order valence-corrected chi connectivity index (χ4v) is 2.48. The Balaban J connectivity index is 2.19. The van der Waals surface area contributed by atoms with Crippen LogP contribution in [0.15, 0.2) is 18.2 Å². The van der Waals surface area contributed by atoms with Gasteiger partial charge in [-0.2, -0.15) is 0 Å². The summed E-state index contributed by atoms with van der Waals surface area (Å²) in [6.07, 6.45) is 0. The second-order valence-electron chi connectivity index (χ2n) is 4.79. The molecule has 1 saturated heterocycles. The van der Waals surface area contributed by atoms with E-state index in [-0.39, 0.29) is 29.7 Å². The fourth-order valence-electron chi connectivity index (χ4n) is 2.31. The lowest BCUT2D eigenvalue weighted by molar-refractivity contribution is -0.142. The Morgan fingerprint density at radius 1 is 1.37 bits per heavy atom. The van der Waals surface area contributed by atoms with Crippen LogP contribution in [0.25, 0.3) is 0 Å². The summed E-state index contributed by atoms with van der Waals surface area (Å²) in [6.45, 7) is 2.34. The van der Waals surface area contributed by atoms with E-state index < -0.39 is 11.9 Å². The summed E-state index contributed by atoms with van der Waals surface area (Å²) in [5, 5.41) is 19.1. The molecule has 19 heavy (non-hydrogen) atoms. The van der Waals surface area contributed by atoms with E-state index in [1.54, 1.807) is 6.92 Å². The number of nitrogens with zero attached hydrogens (tertiary/aromatic N) is 1. The molecule has 0 radical (unpaired) electrons. The van der Waals surface area contributed by atoms with E-state index in [9.17, 15) is 14.7 Å². The number of aromatic hydroxyl groups is 1. The van der Waals surface area contributed by atoms with Gasteiger partial charge >= 0.3 is 5.97 Å². The Hall–Kier alpha value is -1.75. The van der Waals surface area contributed by atoms with Crippen LogP contribution in [0.4, 0.5) is 0 Å². The molecule has 1 fully saturated rings. The van der Waals surface area contributed by atoms with Gasteiger partial charge in [-0.05, 0) is 24.1 Å². The first-order valence-corrected chi connectivity index (χ1v) is 6.28. The van der Waals surface area contributed by atoms with Crippen molar-refractivity contribution in [3.05, 3.63) is 28.8 Å². The molecule has 0 bridgehead atoms. The quantitative estimate of drug-likeness (QED) is 0.868. The van der Waals surface area contributed by atoms with Gasteiger partial charge in [0, 0.05) is 18.1 Å². The van der Waals surface area contributed by atoms with Crippen molar-refractivity contribution >= 4 is 23.5 Å². The molecule has 0 aliphatic carbocycles. The van der Waals surface area contributed by atoms with Gasteiger partial charge in [-0.25, -0.2) is 0 Å². The van der Waals surface area contributed by atoms with E-state index in [1.165, 1.54) is 23.1 Å². The summed E-state index contributed by atoms with van der Waals surface area (Å²) >= 11 is 5.71. The molecule has 0 saturated carbocycles. The zero-order valence-corrected chi connectivity index (χ0v) is 11.1. The van der Waals surface area contributed by atoms with Gasteiger partial charge in [0.1, 0.15) is 5.75 Å². The first-order valence-electron chi connectivity index (χ1n) is 5.90. The number of benzene rings is 1. The number of aliphatic carboxylic acids is 1. The van der Waals surface area contributed by atoms with Gasteiger partial charge in [0.05, 0.1) is 11.5 Å². The van der Waals surface area contributed by atoms with Crippen molar-refractivity contribution in [2.45, 2.75) is 6.92 Å². The fraction of sp³-hybridized carbons (Fsp3) is 0.385. The lowest BCUT2D eigenvalue weighted by atomic mass is 9.99. The summed E-state index contributed by atoms with van der Waals surface area (Å²) in [4.78, 5) is 24.7. The second kappa shape index (κ2) is 5.09. The van der Waals surface area contributed by atoms with Gasteiger partial charge in [0.15, 0.2) is 0 Å². The third kappa shape index (κ3) is 2.66. The SMILES string of the molecule is C[C@@H]1CN(C(=O)c2ccc(Cl)cc2O)C[C@H]1C(=O)O. The van der Waals surface area contributed by atoms with Gasteiger partial charge in [-0.3, -0.25) is 9.59 Å². The van der Waals surface area contributed by atoms with Crippen molar-refractivity contribution < 1.29 is 19.8 Å². The zero-order valence-electron chi connectivity index (χ0n) is 10.3. The maximum atomic E-state index is 12.2. The van der Waals surface area contributed by atoms with Crippen molar-refractivity contribution in [1.82, 2.24) is 4.90 Å². The van der Waals surface area contributed by atoms with E-state index >= 15 is 0 Å². The predicted octanol–water partition coefficient (Wildman–Crippen LogP) is 1.84. The van der Waals surface area contributed by atoms with Crippen molar-refractivity contribution in [2.24, 2.45) is 11.8 Å². The number of hydrogen-bond donors (Lipinski definition) is 2. The van der Waals surface area contributed by atoms with Gasteiger partial charge in [-0.15, -0.1) is 0 Å². The molecule has 5 nitrogen and oxygen atoms in total. The molecule has 102 valence electrons. The number of rotatable bonds is 2. The number of phenols is 1. The molecule has 6 heteroatoms. The molecule has 1 aromatic rings. The molecular weight excluding hydrogens is 270 g/mol. The van der Waals surface area contributed by atoms with Crippen molar-refractivity contribution in [3.8, 4) is 5.75 Å². The van der Waals surface area contributed by atoms with E-state index in [0.717, 1.165) is 0 Å². The number of likely N-dealkylation sites (tertiary alicyclic amines) is 1. The molecule has 0 spiro atoms. The van der Waals surface area contributed by atoms with Gasteiger partial charge < -0.3 is 15.1 Å². The highest BCUT2D eigenvalue weighted by atomic mass is 35.5. The highest BCUT2D eigenvalue weighted by Gasteiger charge is 2.37. The van der Waals surface area contributed by atoms with Crippen molar-refractivity contribution in [1.29, 1.82) is 0 Å². The Labute approximate surface area is 115 Å². The Morgan fingerprint density at radius 2 is 2.05 bits per heavy atom. The highest BCUT2D eigenvalue weighted by molar-refractivity contribution is 6.30.